The second-order valence-corrected chi connectivity index (χ2v) is 4.26. The predicted octanol–water partition coefficient (Wildman–Crippen LogP) is 2.85. The van der Waals surface area contributed by atoms with E-state index in [-0.39, 0.29) is 18.5 Å². The summed E-state index contributed by atoms with van der Waals surface area (Å²) in [5.41, 5.74) is -0.539. The van der Waals surface area contributed by atoms with Gasteiger partial charge in [-0.2, -0.15) is 0 Å². The number of benzene rings is 1. The Kier molecular flexibility index (Phi) is 4.44. The van der Waals surface area contributed by atoms with Crippen molar-refractivity contribution in [3.8, 4) is 0 Å². The summed E-state index contributed by atoms with van der Waals surface area (Å²) in [4.78, 5) is 0. The van der Waals surface area contributed by atoms with Crippen LogP contribution in [0.1, 0.15) is 32.8 Å². The normalized spacial score (nSPS) is 15.1. The molecule has 0 aliphatic rings. The number of halogens is 1. The molecule has 0 fully saturated rings. The zero-order chi connectivity index (χ0) is 12.2. The van der Waals surface area contributed by atoms with Gasteiger partial charge in [-0.1, -0.05) is 19.1 Å². The topological polar surface area (TPSA) is 29.5 Å². The van der Waals surface area contributed by atoms with Crippen LogP contribution in [0.25, 0.3) is 0 Å². The maximum absolute atomic E-state index is 13.1. The van der Waals surface area contributed by atoms with Gasteiger partial charge < -0.3 is 9.84 Å². The summed E-state index contributed by atoms with van der Waals surface area (Å²) in [6.07, 6.45) is 0.537. The highest BCUT2D eigenvalue weighted by Gasteiger charge is 2.28. The molecule has 0 aliphatic heterocycles. The minimum absolute atomic E-state index is 0.0478. The van der Waals surface area contributed by atoms with E-state index in [4.69, 9.17) is 4.74 Å². The third-order valence-electron chi connectivity index (χ3n) is 2.60. The van der Waals surface area contributed by atoms with Crippen LogP contribution in [0.2, 0.25) is 0 Å². The van der Waals surface area contributed by atoms with Crippen molar-refractivity contribution in [2.45, 2.75) is 38.9 Å². The van der Waals surface area contributed by atoms with Crippen LogP contribution in [0.4, 0.5) is 4.39 Å². The largest absolute Gasteiger partial charge is 0.383 e. The van der Waals surface area contributed by atoms with E-state index in [2.05, 4.69) is 0 Å². The molecule has 1 N–H and O–H groups in total. The van der Waals surface area contributed by atoms with Crippen LogP contribution in [-0.2, 0) is 10.3 Å². The lowest BCUT2D eigenvalue weighted by Crippen LogP contribution is -2.32. The monoisotopic (exact) mass is 226 g/mol. The van der Waals surface area contributed by atoms with Crippen molar-refractivity contribution < 1.29 is 14.2 Å². The molecule has 2 nitrogen and oxygen atoms in total. The molecule has 3 heteroatoms. The van der Waals surface area contributed by atoms with Gasteiger partial charge in [-0.3, -0.25) is 0 Å². The van der Waals surface area contributed by atoms with E-state index in [1.807, 2.05) is 20.8 Å². The van der Waals surface area contributed by atoms with Gasteiger partial charge >= 0.3 is 0 Å². The number of aliphatic hydroxyl groups is 1. The first kappa shape index (κ1) is 13.1. The first-order valence-electron chi connectivity index (χ1n) is 5.58. The highest BCUT2D eigenvalue weighted by Crippen LogP contribution is 2.26. The Hall–Kier alpha value is -0.930. The molecular weight excluding hydrogens is 207 g/mol. The van der Waals surface area contributed by atoms with Gasteiger partial charge in [-0.25, -0.2) is 4.39 Å². The molecule has 0 aliphatic carbocycles. The molecule has 16 heavy (non-hydrogen) atoms. The quantitative estimate of drug-likeness (QED) is 0.836. The van der Waals surface area contributed by atoms with Gasteiger partial charge in [0, 0.05) is 0 Å². The second-order valence-electron chi connectivity index (χ2n) is 4.26. The van der Waals surface area contributed by atoms with Crippen molar-refractivity contribution in [2.75, 3.05) is 6.61 Å². The van der Waals surface area contributed by atoms with Crippen LogP contribution in [0.15, 0.2) is 24.3 Å². The Morgan fingerprint density at radius 2 is 2.12 bits per heavy atom. The van der Waals surface area contributed by atoms with Gasteiger partial charge in [0.15, 0.2) is 0 Å². The van der Waals surface area contributed by atoms with Crippen LogP contribution in [-0.4, -0.2) is 17.8 Å². The zero-order valence-electron chi connectivity index (χ0n) is 10.0. The molecule has 0 aromatic heterocycles. The van der Waals surface area contributed by atoms with Gasteiger partial charge in [0.25, 0.3) is 0 Å². The van der Waals surface area contributed by atoms with Gasteiger partial charge in [0.1, 0.15) is 11.4 Å². The lowest BCUT2D eigenvalue weighted by Gasteiger charge is -2.28. The molecule has 1 aromatic rings. The van der Waals surface area contributed by atoms with Gasteiger partial charge in [-0.15, -0.1) is 0 Å². The van der Waals surface area contributed by atoms with E-state index in [9.17, 15) is 9.50 Å². The van der Waals surface area contributed by atoms with Crippen molar-refractivity contribution in [1.29, 1.82) is 0 Å². The fourth-order valence-electron chi connectivity index (χ4n) is 1.47. The van der Waals surface area contributed by atoms with E-state index in [0.29, 0.717) is 12.0 Å². The van der Waals surface area contributed by atoms with E-state index in [1.165, 1.54) is 12.1 Å². The molecule has 0 bridgehead atoms. The first-order valence-corrected chi connectivity index (χ1v) is 5.58. The standard InChI is InChI=1S/C13H19FO2/c1-4-13(15,9-16-10(2)3)11-6-5-7-12(14)8-11/h5-8,10,15H,4,9H2,1-3H3. The number of hydrogen-bond donors (Lipinski definition) is 1. The summed E-state index contributed by atoms with van der Waals surface area (Å²) in [6.45, 7) is 5.85. The highest BCUT2D eigenvalue weighted by atomic mass is 19.1. The fourth-order valence-corrected chi connectivity index (χ4v) is 1.47. The molecule has 0 saturated carbocycles. The van der Waals surface area contributed by atoms with Crippen molar-refractivity contribution in [3.05, 3.63) is 35.6 Å². The SMILES string of the molecule is CCC(O)(COC(C)C)c1cccc(F)c1. The van der Waals surface area contributed by atoms with E-state index < -0.39 is 5.60 Å². The van der Waals surface area contributed by atoms with Gasteiger partial charge in [-0.05, 0) is 38.0 Å². The Morgan fingerprint density at radius 3 is 2.62 bits per heavy atom. The Morgan fingerprint density at radius 1 is 1.44 bits per heavy atom. The number of hydrogen-bond acceptors (Lipinski definition) is 2. The average Bonchev–Trinajstić information content (AvgIpc) is 2.26. The van der Waals surface area contributed by atoms with E-state index in [0.717, 1.165) is 0 Å². The minimum atomic E-state index is -1.10. The molecular formula is C13H19FO2. The van der Waals surface area contributed by atoms with Crippen LogP contribution in [0.3, 0.4) is 0 Å². The number of rotatable bonds is 5. The molecule has 1 aromatic carbocycles. The summed E-state index contributed by atoms with van der Waals surface area (Å²) in [7, 11) is 0. The molecule has 0 spiro atoms. The van der Waals surface area contributed by atoms with Gasteiger partial charge in [0.05, 0.1) is 12.7 Å². The smallest absolute Gasteiger partial charge is 0.123 e. The predicted molar refractivity (Wildman–Crippen MR) is 61.7 cm³/mol. The summed E-state index contributed by atoms with van der Waals surface area (Å²) in [5.74, 6) is -0.339. The zero-order valence-corrected chi connectivity index (χ0v) is 10.0. The first-order chi connectivity index (χ1) is 7.48. The maximum Gasteiger partial charge on any atom is 0.123 e. The molecule has 0 saturated heterocycles. The molecule has 90 valence electrons. The average molecular weight is 226 g/mol. The van der Waals surface area contributed by atoms with Crippen molar-refractivity contribution in [1.82, 2.24) is 0 Å². The third kappa shape index (κ3) is 3.29. The maximum atomic E-state index is 13.1. The summed E-state index contributed by atoms with van der Waals surface area (Å²) >= 11 is 0. The summed E-state index contributed by atoms with van der Waals surface area (Å²) in [6, 6.07) is 6.03. The molecule has 0 amide bonds. The Labute approximate surface area is 96.1 Å². The van der Waals surface area contributed by atoms with Crippen molar-refractivity contribution >= 4 is 0 Å². The molecule has 1 unspecified atom stereocenters. The highest BCUT2D eigenvalue weighted by molar-refractivity contribution is 5.23. The Balaban J connectivity index is 2.86. The third-order valence-corrected chi connectivity index (χ3v) is 2.60. The van der Waals surface area contributed by atoms with Crippen molar-refractivity contribution in [2.24, 2.45) is 0 Å². The van der Waals surface area contributed by atoms with Crippen LogP contribution in [0, 0.1) is 5.82 Å². The van der Waals surface area contributed by atoms with E-state index >= 15 is 0 Å². The lowest BCUT2D eigenvalue weighted by molar-refractivity contribution is -0.0714. The summed E-state index contributed by atoms with van der Waals surface area (Å²) < 4.78 is 18.5. The van der Waals surface area contributed by atoms with Crippen LogP contribution in [0.5, 0.6) is 0 Å². The summed E-state index contributed by atoms with van der Waals surface area (Å²) in [5, 5.41) is 10.4. The molecule has 1 atom stereocenters. The lowest BCUT2D eigenvalue weighted by atomic mass is 9.92. The van der Waals surface area contributed by atoms with Crippen molar-refractivity contribution in [3.63, 3.8) is 0 Å². The minimum Gasteiger partial charge on any atom is -0.383 e. The Bertz CT molecular complexity index is 338. The van der Waals surface area contributed by atoms with Gasteiger partial charge in [0.2, 0.25) is 0 Å². The fraction of sp³-hybridized carbons (Fsp3) is 0.538. The van der Waals surface area contributed by atoms with E-state index in [1.54, 1.807) is 12.1 Å². The number of ether oxygens (including phenoxy) is 1. The molecule has 0 heterocycles. The molecule has 1 rings (SSSR count). The van der Waals surface area contributed by atoms with Crippen LogP contribution >= 0.6 is 0 Å². The molecule has 0 radical (unpaired) electrons. The second kappa shape index (κ2) is 5.41. The van der Waals surface area contributed by atoms with Crippen LogP contribution < -0.4 is 0 Å².